The van der Waals surface area contributed by atoms with Gasteiger partial charge in [0, 0.05) is 11.2 Å². The van der Waals surface area contributed by atoms with E-state index in [-0.39, 0.29) is 18.9 Å². The monoisotopic (exact) mass is 319 g/mol. The van der Waals surface area contributed by atoms with Crippen molar-refractivity contribution in [2.75, 3.05) is 6.54 Å². The fourth-order valence-electron chi connectivity index (χ4n) is 2.55. The highest BCUT2D eigenvalue weighted by Crippen LogP contribution is 2.27. The summed E-state index contributed by atoms with van der Waals surface area (Å²) in [5, 5.41) is 15.3. The molecule has 1 aromatic heterocycles. The Morgan fingerprint density at radius 1 is 1.23 bits per heavy atom. The average Bonchev–Trinajstić information content (AvgIpc) is 2.92. The van der Waals surface area contributed by atoms with Gasteiger partial charge in [0.2, 0.25) is 5.91 Å². The van der Waals surface area contributed by atoms with Crippen LogP contribution >= 0.6 is 11.3 Å². The van der Waals surface area contributed by atoms with Crippen molar-refractivity contribution in [2.24, 2.45) is 5.41 Å². The molecule has 5 heteroatoms. The quantitative estimate of drug-likeness (QED) is 0.821. The Bertz CT molecular complexity index is 673. The number of fused-ring (bicyclic) bond motifs is 1. The number of benzene rings is 1. The van der Waals surface area contributed by atoms with Crippen molar-refractivity contribution in [2.45, 2.75) is 33.1 Å². The minimum Gasteiger partial charge on any atom is -0.481 e. The average molecular weight is 319 g/mol. The van der Waals surface area contributed by atoms with Crippen LogP contribution in [0.25, 0.3) is 10.1 Å². The van der Waals surface area contributed by atoms with E-state index in [1.54, 1.807) is 11.3 Å². The summed E-state index contributed by atoms with van der Waals surface area (Å²) in [7, 11) is 0. The van der Waals surface area contributed by atoms with Crippen molar-refractivity contribution >= 4 is 33.3 Å². The van der Waals surface area contributed by atoms with E-state index in [1.807, 2.05) is 43.5 Å². The third kappa shape index (κ3) is 3.30. The van der Waals surface area contributed by atoms with E-state index in [9.17, 15) is 14.7 Å². The molecule has 118 valence electrons. The van der Waals surface area contributed by atoms with Crippen LogP contribution in [0.3, 0.4) is 0 Å². The van der Waals surface area contributed by atoms with Crippen molar-refractivity contribution in [1.82, 2.24) is 5.32 Å². The Hall–Kier alpha value is -1.88. The molecule has 0 saturated heterocycles. The van der Waals surface area contributed by atoms with Crippen molar-refractivity contribution in [1.29, 1.82) is 0 Å². The summed E-state index contributed by atoms with van der Waals surface area (Å²) >= 11 is 1.62. The largest absolute Gasteiger partial charge is 0.481 e. The first-order chi connectivity index (χ1) is 10.5. The zero-order chi connectivity index (χ0) is 16.2. The van der Waals surface area contributed by atoms with Crippen molar-refractivity contribution in [3.05, 3.63) is 35.2 Å². The Morgan fingerprint density at radius 3 is 2.55 bits per heavy atom. The lowest BCUT2D eigenvalue weighted by Crippen LogP contribution is -2.42. The Balaban J connectivity index is 2.03. The number of amides is 1. The molecule has 1 aromatic carbocycles. The van der Waals surface area contributed by atoms with Crippen LogP contribution in [0.1, 0.15) is 32.3 Å². The standard InChI is InChI=1S/C17H21NO3S/c1-3-17(4-2,16(20)21)11-18-15(19)9-12-10-22-14-8-6-5-7-13(12)14/h5-8,10H,3-4,9,11H2,1-2H3,(H,18,19)(H,20,21). The van der Waals surface area contributed by atoms with Gasteiger partial charge >= 0.3 is 5.97 Å². The van der Waals surface area contributed by atoms with Crippen LogP contribution in [0, 0.1) is 5.41 Å². The molecule has 2 aromatic rings. The number of carboxylic acid groups (broad SMARTS) is 1. The van der Waals surface area contributed by atoms with Gasteiger partial charge < -0.3 is 10.4 Å². The Kier molecular flexibility index (Phi) is 5.19. The molecule has 2 N–H and O–H groups in total. The lowest BCUT2D eigenvalue weighted by atomic mass is 9.82. The minimum absolute atomic E-state index is 0.129. The highest BCUT2D eigenvalue weighted by atomic mass is 32.1. The van der Waals surface area contributed by atoms with Crippen LogP contribution in [0.4, 0.5) is 0 Å². The summed E-state index contributed by atoms with van der Waals surface area (Å²) in [6, 6.07) is 7.98. The highest BCUT2D eigenvalue weighted by molar-refractivity contribution is 7.17. The number of hydrogen-bond acceptors (Lipinski definition) is 3. The zero-order valence-corrected chi connectivity index (χ0v) is 13.7. The molecule has 0 spiro atoms. The molecule has 0 aliphatic rings. The number of hydrogen-bond donors (Lipinski definition) is 2. The second kappa shape index (κ2) is 6.92. The van der Waals surface area contributed by atoms with Crippen LogP contribution < -0.4 is 5.32 Å². The van der Waals surface area contributed by atoms with Crippen LogP contribution in [0.2, 0.25) is 0 Å². The highest BCUT2D eigenvalue weighted by Gasteiger charge is 2.35. The number of nitrogens with one attached hydrogen (secondary N) is 1. The molecular weight excluding hydrogens is 298 g/mol. The Labute approximate surface area is 134 Å². The molecule has 1 amide bonds. The van der Waals surface area contributed by atoms with Gasteiger partial charge in [-0.1, -0.05) is 32.0 Å². The van der Waals surface area contributed by atoms with Crippen LogP contribution in [0.5, 0.6) is 0 Å². The smallest absolute Gasteiger partial charge is 0.311 e. The third-order valence-corrected chi connectivity index (χ3v) is 5.36. The maximum Gasteiger partial charge on any atom is 0.311 e. The molecule has 0 fully saturated rings. The summed E-state index contributed by atoms with van der Waals surface area (Å²) < 4.78 is 1.16. The fraction of sp³-hybridized carbons (Fsp3) is 0.412. The van der Waals surface area contributed by atoms with Gasteiger partial charge in [0.15, 0.2) is 0 Å². The first kappa shape index (κ1) is 16.5. The molecule has 0 unspecified atom stereocenters. The number of aliphatic carboxylic acids is 1. The lowest BCUT2D eigenvalue weighted by Gasteiger charge is -2.26. The van der Waals surface area contributed by atoms with E-state index in [0.29, 0.717) is 12.8 Å². The van der Waals surface area contributed by atoms with E-state index in [1.165, 1.54) is 0 Å². The number of carboxylic acids is 1. The molecule has 0 aliphatic heterocycles. The predicted octanol–water partition coefficient (Wildman–Crippen LogP) is 3.45. The molecule has 0 atom stereocenters. The van der Waals surface area contributed by atoms with Gasteiger partial charge in [-0.05, 0) is 35.2 Å². The van der Waals surface area contributed by atoms with Crippen molar-refractivity contribution < 1.29 is 14.7 Å². The number of carbonyl (C=O) groups excluding carboxylic acids is 1. The third-order valence-electron chi connectivity index (χ3n) is 4.34. The summed E-state index contributed by atoms with van der Waals surface area (Å²) in [5.74, 6) is -0.977. The molecule has 0 bridgehead atoms. The first-order valence-electron chi connectivity index (χ1n) is 7.47. The van der Waals surface area contributed by atoms with Gasteiger partial charge in [0.1, 0.15) is 0 Å². The normalized spacial score (nSPS) is 11.5. The maximum absolute atomic E-state index is 12.2. The van der Waals surface area contributed by atoms with E-state index in [0.717, 1.165) is 15.6 Å². The molecule has 2 rings (SSSR count). The van der Waals surface area contributed by atoms with Crippen LogP contribution in [-0.2, 0) is 16.0 Å². The first-order valence-corrected chi connectivity index (χ1v) is 8.35. The Morgan fingerprint density at radius 2 is 1.91 bits per heavy atom. The van der Waals surface area contributed by atoms with E-state index in [2.05, 4.69) is 5.32 Å². The fourth-order valence-corrected chi connectivity index (χ4v) is 3.51. The topological polar surface area (TPSA) is 66.4 Å². The molecule has 1 heterocycles. The predicted molar refractivity (Wildman–Crippen MR) is 89.2 cm³/mol. The number of rotatable bonds is 7. The van der Waals surface area contributed by atoms with Gasteiger partial charge in [0.25, 0.3) is 0 Å². The zero-order valence-electron chi connectivity index (χ0n) is 12.9. The SMILES string of the molecule is CCC(CC)(CNC(=O)Cc1csc2ccccc12)C(=O)O. The van der Waals surface area contributed by atoms with Crippen LogP contribution in [-0.4, -0.2) is 23.5 Å². The van der Waals surface area contributed by atoms with E-state index < -0.39 is 11.4 Å². The minimum atomic E-state index is -0.869. The summed E-state index contributed by atoms with van der Waals surface area (Å²) in [4.78, 5) is 23.6. The van der Waals surface area contributed by atoms with Crippen molar-refractivity contribution in [3.8, 4) is 0 Å². The lowest BCUT2D eigenvalue weighted by molar-refractivity contribution is -0.149. The van der Waals surface area contributed by atoms with E-state index in [4.69, 9.17) is 0 Å². The van der Waals surface area contributed by atoms with Gasteiger partial charge in [0.05, 0.1) is 11.8 Å². The molecule has 0 radical (unpaired) electrons. The maximum atomic E-state index is 12.2. The van der Waals surface area contributed by atoms with E-state index >= 15 is 0 Å². The molecule has 0 aliphatic carbocycles. The summed E-state index contributed by atoms with van der Waals surface area (Å²) in [5.41, 5.74) is 0.124. The molecule has 22 heavy (non-hydrogen) atoms. The van der Waals surface area contributed by atoms with Crippen molar-refractivity contribution in [3.63, 3.8) is 0 Å². The second-order valence-corrected chi connectivity index (χ2v) is 6.41. The van der Waals surface area contributed by atoms with Gasteiger partial charge in [-0.15, -0.1) is 11.3 Å². The molecular formula is C17H21NO3S. The summed E-state index contributed by atoms with van der Waals surface area (Å²) in [6.07, 6.45) is 1.29. The van der Waals surface area contributed by atoms with Gasteiger partial charge in [-0.2, -0.15) is 0 Å². The second-order valence-electron chi connectivity index (χ2n) is 5.50. The molecule has 0 saturated carbocycles. The number of carbonyl (C=O) groups is 2. The van der Waals surface area contributed by atoms with Gasteiger partial charge in [-0.3, -0.25) is 9.59 Å². The van der Waals surface area contributed by atoms with Crippen LogP contribution in [0.15, 0.2) is 29.6 Å². The molecule has 4 nitrogen and oxygen atoms in total. The van der Waals surface area contributed by atoms with Gasteiger partial charge in [-0.25, -0.2) is 0 Å². The summed E-state index contributed by atoms with van der Waals surface area (Å²) in [6.45, 7) is 3.86. The number of thiophene rings is 1.